The van der Waals surface area contributed by atoms with Crippen LogP contribution in [0.25, 0.3) is 0 Å². The lowest BCUT2D eigenvalue weighted by atomic mass is 9.79. The third-order valence-electron chi connectivity index (χ3n) is 6.59. The monoisotopic (exact) mass is 440 g/mol. The maximum Gasteiger partial charge on any atom is 0.254 e. The number of fused-ring (bicyclic) bond motifs is 1. The molecular formula is C28H28N2O3. The molecule has 1 saturated carbocycles. The van der Waals surface area contributed by atoms with Crippen LogP contribution in [0.15, 0.2) is 78.9 Å². The predicted octanol–water partition coefficient (Wildman–Crippen LogP) is 4.50. The zero-order valence-corrected chi connectivity index (χ0v) is 18.7. The summed E-state index contributed by atoms with van der Waals surface area (Å²) in [6.45, 7) is 0.545. The zero-order chi connectivity index (χ0) is 22.8. The number of carbonyl (C=O) groups excluding carboxylic acids is 2. The molecule has 0 bridgehead atoms. The van der Waals surface area contributed by atoms with E-state index in [1.54, 1.807) is 7.11 Å². The van der Waals surface area contributed by atoms with Crippen molar-refractivity contribution in [2.24, 2.45) is 0 Å². The molecule has 2 aliphatic rings. The highest BCUT2D eigenvalue weighted by Crippen LogP contribution is 2.48. The van der Waals surface area contributed by atoms with Crippen molar-refractivity contribution in [1.82, 2.24) is 10.2 Å². The first-order chi connectivity index (χ1) is 16.2. The number of methoxy groups -OCH3 is 1. The molecule has 5 heteroatoms. The third kappa shape index (κ3) is 4.23. The van der Waals surface area contributed by atoms with Gasteiger partial charge in [0.25, 0.3) is 5.91 Å². The van der Waals surface area contributed by atoms with Crippen LogP contribution in [0.2, 0.25) is 0 Å². The summed E-state index contributed by atoms with van der Waals surface area (Å²) in [4.78, 5) is 29.2. The largest absolute Gasteiger partial charge is 0.497 e. The number of benzene rings is 3. The highest BCUT2D eigenvalue weighted by molar-refractivity contribution is 6.01. The molecule has 0 spiro atoms. The molecule has 3 aromatic carbocycles. The van der Waals surface area contributed by atoms with Gasteiger partial charge in [-0.2, -0.15) is 0 Å². The molecule has 2 atom stereocenters. The average Bonchev–Trinajstić information content (AvgIpc) is 3.70. The van der Waals surface area contributed by atoms with E-state index in [1.165, 1.54) is 5.56 Å². The Morgan fingerprint density at radius 1 is 1.00 bits per heavy atom. The Labute approximate surface area is 194 Å². The van der Waals surface area contributed by atoms with Gasteiger partial charge in [0.05, 0.1) is 19.1 Å². The van der Waals surface area contributed by atoms with Crippen LogP contribution in [0.5, 0.6) is 5.75 Å². The van der Waals surface area contributed by atoms with Gasteiger partial charge in [0.2, 0.25) is 5.91 Å². The number of hydrogen-bond acceptors (Lipinski definition) is 3. The number of carbonyl (C=O) groups is 2. The summed E-state index contributed by atoms with van der Waals surface area (Å²) in [5.74, 6) is 0.193. The standard InChI is InChI=1S/C28H28N2O3/c1-33-22-11-7-10-20(18-22)26-25(27(31)29-17-16-19-8-3-2-4-9-19)23-12-5-6-13-24(23)28(32)30(26)21-14-15-21/h2-13,18,21,25-26H,14-17H2,1H3,(H,29,31). The van der Waals surface area contributed by atoms with Crippen molar-refractivity contribution in [2.75, 3.05) is 13.7 Å². The second kappa shape index (κ2) is 9.10. The fourth-order valence-electron chi connectivity index (χ4n) is 4.85. The molecule has 1 aliphatic carbocycles. The topological polar surface area (TPSA) is 58.6 Å². The van der Waals surface area contributed by atoms with Gasteiger partial charge in [-0.25, -0.2) is 0 Å². The van der Waals surface area contributed by atoms with Crippen LogP contribution in [0.4, 0.5) is 0 Å². The molecule has 5 nitrogen and oxygen atoms in total. The number of amides is 2. The molecule has 0 radical (unpaired) electrons. The second-order valence-electron chi connectivity index (χ2n) is 8.76. The predicted molar refractivity (Wildman–Crippen MR) is 127 cm³/mol. The van der Waals surface area contributed by atoms with E-state index in [4.69, 9.17) is 4.74 Å². The van der Waals surface area contributed by atoms with E-state index in [0.717, 1.165) is 36.1 Å². The van der Waals surface area contributed by atoms with Crippen LogP contribution in [-0.4, -0.2) is 36.4 Å². The van der Waals surface area contributed by atoms with E-state index in [2.05, 4.69) is 17.4 Å². The third-order valence-corrected chi connectivity index (χ3v) is 6.59. The minimum absolute atomic E-state index is 0.00857. The highest BCUT2D eigenvalue weighted by Gasteiger charge is 2.49. The number of nitrogens with zero attached hydrogens (tertiary/aromatic N) is 1. The first-order valence-electron chi connectivity index (χ1n) is 11.5. The fourth-order valence-corrected chi connectivity index (χ4v) is 4.85. The van der Waals surface area contributed by atoms with Gasteiger partial charge in [0, 0.05) is 18.2 Å². The highest BCUT2D eigenvalue weighted by atomic mass is 16.5. The first kappa shape index (κ1) is 21.3. The minimum atomic E-state index is -0.484. The molecule has 0 aromatic heterocycles. The van der Waals surface area contributed by atoms with Gasteiger partial charge in [-0.3, -0.25) is 9.59 Å². The van der Waals surface area contributed by atoms with Crippen LogP contribution in [0.1, 0.15) is 51.8 Å². The van der Waals surface area contributed by atoms with Crippen molar-refractivity contribution in [3.63, 3.8) is 0 Å². The van der Waals surface area contributed by atoms with Crippen molar-refractivity contribution < 1.29 is 14.3 Å². The molecule has 168 valence electrons. The summed E-state index contributed by atoms with van der Waals surface area (Å²) in [5, 5.41) is 3.16. The van der Waals surface area contributed by atoms with Crippen molar-refractivity contribution >= 4 is 11.8 Å². The Balaban J connectivity index is 1.51. The van der Waals surface area contributed by atoms with Crippen LogP contribution in [0, 0.1) is 0 Å². The lowest BCUT2D eigenvalue weighted by molar-refractivity contribution is -0.124. The Bertz CT molecular complexity index is 1160. The quantitative estimate of drug-likeness (QED) is 0.589. The summed E-state index contributed by atoms with van der Waals surface area (Å²) in [6, 6.07) is 25.2. The molecule has 2 unspecified atom stereocenters. The number of ether oxygens (including phenoxy) is 1. The smallest absolute Gasteiger partial charge is 0.254 e. The first-order valence-corrected chi connectivity index (χ1v) is 11.5. The van der Waals surface area contributed by atoms with E-state index in [-0.39, 0.29) is 23.9 Å². The van der Waals surface area contributed by atoms with E-state index in [1.807, 2.05) is 71.6 Å². The van der Waals surface area contributed by atoms with Gasteiger partial charge in [0.1, 0.15) is 5.75 Å². The summed E-state index contributed by atoms with van der Waals surface area (Å²) in [5.41, 5.74) is 3.53. The lowest BCUT2D eigenvalue weighted by Crippen LogP contribution is -2.48. The van der Waals surface area contributed by atoms with Crippen LogP contribution in [-0.2, 0) is 11.2 Å². The minimum Gasteiger partial charge on any atom is -0.497 e. The molecule has 1 fully saturated rings. The molecule has 1 heterocycles. The Morgan fingerprint density at radius 2 is 1.76 bits per heavy atom. The molecule has 1 N–H and O–H groups in total. The SMILES string of the molecule is COc1cccc(C2C(C(=O)NCCc3ccccc3)c3ccccc3C(=O)N2C2CC2)c1. The van der Waals surface area contributed by atoms with E-state index >= 15 is 0 Å². The molecule has 1 aliphatic heterocycles. The average molecular weight is 441 g/mol. The number of rotatable bonds is 7. The normalized spacial score (nSPS) is 19.7. The van der Waals surface area contributed by atoms with Crippen molar-refractivity contribution in [3.05, 3.63) is 101 Å². The van der Waals surface area contributed by atoms with Gasteiger partial charge in [-0.15, -0.1) is 0 Å². The van der Waals surface area contributed by atoms with E-state index in [0.29, 0.717) is 12.1 Å². The molecule has 0 saturated heterocycles. The van der Waals surface area contributed by atoms with Gasteiger partial charge in [-0.1, -0.05) is 60.7 Å². The van der Waals surface area contributed by atoms with Gasteiger partial charge >= 0.3 is 0 Å². The van der Waals surface area contributed by atoms with Crippen molar-refractivity contribution in [2.45, 2.75) is 37.3 Å². The Morgan fingerprint density at radius 3 is 2.52 bits per heavy atom. The summed E-state index contributed by atoms with van der Waals surface area (Å²) in [6.07, 6.45) is 2.70. The van der Waals surface area contributed by atoms with Crippen LogP contribution < -0.4 is 10.1 Å². The molecule has 33 heavy (non-hydrogen) atoms. The maximum atomic E-state index is 13.7. The molecule has 3 aromatic rings. The molecule has 5 rings (SSSR count). The second-order valence-corrected chi connectivity index (χ2v) is 8.76. The summed E-state index contributed by atoms with van der Waals surface area (Å²) < 4.78 is 5.46. The van der Waals surface area contributed by atoms with E-state index < -0.39 is 5.92 Å². The van der Waals surface area contributed by atoms with Gasteiger partial charge in [-0.05, 0) is 54.2 Å². The Kier molecular flexibility index (Phi) is 5.86. The van der Waals surface area contributed by atoms with E-state index in [9.17, 15) is 9.59 Å². The zero-order valence-electron chi connectivity index (χ0n) is 18.7. The fraction of sp³-hybridized carbons (Fsp3) is 0.286. The maximum absolute atomic E-state index is 13.7. The van der Waals surface area contributed by atoms with Crippen LogP contribution >= 0.6 is 0 Å². The lowest BCUT2D eigenvalue weighted by Gasteiger charge is -2.42. The molecule has 2 amide bonds. The van der Waals surface area contributed by atoms with Gasteiger partial charge < -0.3 is 15.0 Å². The molecular weight excluding hydrogens is 412 g/mol. The van der Waals surface area contributed by atoms with Gasteiger partial charge in [0.15, 0.2) is 0 Å². The number of nitrogens with one attached hydrogen (secondary N) is 1. The van der Waals surface area contributed by atoms with Crippen LogP contribution in [0.3, 0.4) is 0 Å². The Hall–Kier alpha value is -3.60. The summed E-state index contributed by atoms with van der Waals surface area (Å²) >= 11 is 0. The van der Waals surface area contributed by atoms with Crippen molar-refractivity contribution in [3.8, 4) is 5.75 Å². The number of hydrogen-bond donors (Lipinski definition) is 1. The van der Waals surface area contributed by atoms with Crippen molar-refractivity contribution in [1.29, 1.82) is 0 Å². The summed E-state index contributed by atoms with van der Waals surface area (Å²) in [7, 11) is 1.63.